The minimum atomic E-state index is -3.93. The molecule has 1 aliphatic rings. The van der Waals surface area contributed by atoms with Gasteiger partial charge >= 0.3 is 0 Å². The SMILES string of the molecule is Cc1ccc(S(=O)(=O)Nc2ccc3c(c2)C(=O)N([C@@H](C)CO)C[C@@H](C)[C@@H](CN(C)S(=O)(=O)c2ccc(C)cc2)O3)cc1. The maximum atomic E-state index is 13.7. The largest absolute Gasteiger partial charge is 0.488 e. The number of fused-ring (bicyclic) bond motifs is 1. The highest BCUT2D eigenvalue weighted by Gasteiger charge is 2.35. The van der Waals surface area contributed by atoms with Gasteiger partial charge in [0.15, 0.2) is 0 Å². The molecule has 3 aromatic carbocycles. The molecule has 2 N–H and O–H groups in total. The Balaban J connectivity index is 1.68. The zero-order chi connectivity index (χ0) is 30.8. The lowest BCUT2D eigenvalue weighted by Gasteiger charge is -2.38. The van der Waals surface area contributed by atoms with Crippen LogP contribution in [0.1, 0.15) is 35.3 Å². The minimum Gasteiger partial charge on any atom is -0.488 e. The number of anilines is 1. The van der Waals surface area contributed by atoms with Gasteiger partial charge in [0, 0.05) is 25.2 Å². The number of benzene rings is 3. The molecule has 0 radical (unpaired) electrons. The van der Waals surface area contributed by atoms with E-state index in [9.17, 15) is 26.7 Å². The minimum absolute atomic E-state index is 0.00580. The number of aryl methyl sites for hydroxylation is 2. The zero-order valence-electron chi connectivity index (χ0n) is 24.3. The average Bonchev–Trinajstić information content (AvgIpc) is 2.95. The highest BCUT2D eigenvalue weighted by molar-refractivity contribution is 7.92. The van der Waals surface area contributed by atoms with Gasteiger partial charge in [-0.1, -0.05) is 42.3 Å². The molecule has 0 spiro atoms. The Morgan fingerprint density at radius 3 is 2.12 bits per heavy atom. The van der Waals surface area contributed by atoms with Crippen LogP contribution >= 0.6 is 0 Å². The third kappa shape index (κ3) is 6.78. The number of nitrogens with one attached hydrogen (secondary N) is 1. The van der Waals surface area contributed by atoms with E-state index >= 15 is 0 Å². The Morgan fingerprint density at radius 2 is 1.55 bits per heavy atom. The van der Waals surface area contributed by atoms with E-state index in [4.69, 9.17) is 4.74 Å². The molecule has 0 bridgehead atoms. The third-order valence-electron chi connectivity index (χ3n) is 7.41. The molecule has 3 atom stereocenters. The van der Waals surface area contributed by atoms with Crippen LogP contribution in [0, 0.1) is 19.8 Å². The van der Waals surface area contributed by atoms with Crippen LogP contribution in [0.2, 0.25) is 0 Å². The lowest BCUT2D eigenvalue weighted by molar-refractivity contribution is 0.0387. The van der Waals surface area contributed by atoms with Gasteiger partial charge in [0.1, 0.15) is 11.9 Å². The molecular weight excluding hydrogens is 578 g/mol. The second-order valence-electron chi connectivity index (χ2n) is 10.9. The zero-order valence-corrected chi connectivity index (χ0v) is 25.9. The lowest BCUT2D eigenvalue weighted by atomic mass is 9.99. The third-order valence-corrected chi connectivity index (χ3v) is 10.6. The molecule has 0 aliphatic carbocycles. The van der Waals surface area contributed by atoms with Gasteiger partial charge in [0.05, 0.1) is 34.5 Å². The highest BCUT2D eigenvalue weighted by atomic mass is 32.2. The van der Waals surface area contributed by atoms with Crippen LogP contribution in [0.3, 0.4) is 0 Å². The normalized spacial score (nSPS) is 18.5. The molecule has 0 unspecified atom stereocenters. The van der Waals surface area contributed by atoms with Gasteiger partial charge in [-0.05, 0) is 63.2 Å². The fraction of sp³-hybridized carbons (Fsp3) is 0.367. The molecule has 1 aliphatic heterocycles. The Kier molecular flexibility index (Phi) is 9.31. The highest BCUT2D eigenvalue weighted by Crippen LogP contribution is 2.32. The number of carbonyl (C=O) groups is 1. The molecule has 0 fully saturated rings. The van der Waals surface area contributed by atoms with E-state index in [1.165, 1.54) is 46.6 Å². The molecule has 0 saturated heterocycles. The molecule has 3 aromatic rings. The number of rotatable bonds is 9. The van der Waals surface area contributed by atoms with E-state index in [1.807, 2.05) is 20.8 Å². The first-order chi connectivity index (χ1) is 19.7. The molecule has 42 heavy (non-hydrogen) atoms. The van der Waals surface area contributed by atoms with Gasteiger partial charge in [0.2, 0.25) is 10.0 Å². The van der Waals surface area contributed by atoms with Crippen molar-refractivity contribution in [3.05, 3.63) is 83.4 Å². The number of carbonyl (C=O) groups excluding carboxylic acids is 1. The molecule has 0 aromatic heterocycles. The summed E-state index contributed by atoms with van der Waals surface area (Å²) >= 11 is 0. The molecule has 0 saturated carbocycles. The standard InChI is InChI=1S/C30H37N3O7S2/c1-20-6-11-25(12-7-20)41(36,37)31-24-10-15-28-27(16-24)30(35)33(23(4)19-34)17-22(3)29(40-28)18-32(5)42(38,39)26-13-8-21(2)9-14-26/h6-16,22-23,29,31,34H,17-19H2,1-5H3/t22-,23+,29-/m1/s1. The fourth-order valence-electron chi connectivity index (χ4n) is 4.68. The summed E-state index contributed by atoms with van der Waals surface area (Å²) in [7, 11) is -6.28. The first-order valence-corrected chi connectivity index (χ1v) is 16.5. The van der Waals surface area contributed by atoms with Crippen molar-refractivity contribution in [3.63, 3.8) is 0 Å². The quantitative estimate of drug-likeness (QED) is 0.376. The Bertz CT molecular complexity index is 1640. The number of sulfonamides is 2. The van der Waals surface area contributed by atoms with Gasteiger partial charge in [-0.2, -0.15) is 4.31 Å². The Hall–Kier alpha value is -3.45. The van der Waals surface area contributed by atoms with E-state index in [0.717, 1.165) is 11.1 Å². The predicted octanol–water partition coefficient (Wildman–Crippen LogP) is 3.65. The van der Waals surface area contributed by atoms with Crippen molar-refractivity contribution in [2.24, 2.45) is 5.92 Å². The van der Waals surface area contributed by atoms with Crippen LogP contribution in [-0.4, -0.2) is 75.9 Å². The van der Waals surface area contributed by atoms with Gasteiger partial charge in [-0.25, -0.2) is 16.8 Å². The van der Waals surface area contributed by atoms with Gasteiger partial charge < -0.3 is 14.7 Å². The first kappa shape index (κ1) is 31.5. The number of amides is 1. The summed E-state index contributed by atoms with van der Waals surface area (Å²) in [4.78, 5) is 15.5. The summed E-state index contributed by atoms with van der Waals surface area (Å²) in [5.41, 5.74) is 2.11. The number of aliphatic hydroxyl groups excluding tert-OH is 1. The predicted molar refractivity (Wildman–Crippen MR) is 161 cm³/mol. The summed E-state index contributed by atoms with van der Waals surface area (Å²) in [6.07, 6.45) is -0.662. The van der Waals surface area contributed by atoms with Crippen molar-refractivity contribution < 1.29 is 31.5 Å². The number of aliphatic hydroxyl groups is 1. The van der Waals surface area contributed by atoms with Crippen molar-refractivity contribution in [1.82, 2.24) is 9.21 Å². The van der Waals surface area contributed by atoms with Crippen molar-refractivity contribution in [3.8, 4) is 5.75 Å². The average molecular weight is 616 g/mol. The number of ether oxygens (including phenoxy) is 1. The van der Waals surface area contributed by atoms with Gasteiger partial charge in [-0.15, -0.1) is 0 Å². The van der Waals surface area contributed by atoms with Crippen molar-refractivity contribution >= 4 is 31.6 Å². The van der Waals surface area contributed by atoms with E-state index in [0.29, 0.717) is 0 Å². The van der Waals surface area contributed by atoms with Gasteiger partial charge in [-0.3, -0.25) is 9.52 Å². The molecule has 1 heterocycles. The summed E-state index contributed by atoms with van der Waals surface area (Å²) in [6, 6.07) is 16.8. The van der Waals surface area contributed by atoms with Crippen LogP contribution in [0.25, 0.3) is 0 Å². The molecule has 12 heteroatoms. The Labute approximate surface area is 248 Å². The molecular formula is C30H37N3O7S2. The van der Waals surface area contributed by atoms with Crippen molar-refractivity contribution in [2.45, 2.75) is 49.6 Å². The van der Waals surface area contributed by atoms with Crippen molar-refractivity contribution in [2.75, 3.05) is 31.5 Å². The molecule has 226 valence electrons. The van der Waals surface area contributed by atoms with E-state index in [-0.39, 0.29) is 52.4 Å². The van der Waals surface area contributed by atoms with Gasteiger partial charge in [0.25, 0.3) is 15.9 Å². The van der Waals surface area contributed by atoms with Crippen LogP contribution in [-0.2, 0) is 20.0 Å². The molecule has 1 amide bonds. The fourth-order valence-corrected chi connectivity index (χ4v) is 6.91. The maximum Gasteiger partial charge on any atom is 0.261 e. The van der Waals surface area contributed by atoms with Crippen LogP contribution in [0.4, 0.5) is 5.69 Å². The van der Waals surface area contributed by atoms with E-state index < -0.39 is 38.1 Å². The summed E-state index contributed by atoms with van der Waals surface area (Å²) in [5.74, 6) is -0.563. The smallest absolute Gasteiger partial charge is 0.261 e. The van der Waals surface area contributed by atoms with E-state index in [2.05, 4.69) is 4.72 Å². The number of hydrogen-bond acceptors (Lipinski definition) is 7. The monoisotopic (exact) mass is 615 g/mol. The number of nitrogens with zero attached hydrogens (tertiary/aromatic N) is 2. The van der Waals surface area contributed by atoms with E-state index in [1.54, 1.807) is 43.3 Å². The number of likely N-dealkylation sites (N-methyl/N-ethyl adjacent to an activating group) is 1. The van der Waals surface area contributed by atoms with Crippen LogP contribution in [0.15, 0.2) is 76.5 Å². The molecule has 4 rings (SSSR count). The summed E-state index contributed by atoms with van der Waals surface area (Å²) in [5, 5.41) is 9.91. The second-order valence-corrected chi connectivity index (χ2v) is 14.6. The topological polar surface area (TPSA) is 133 Å². The van der Waals surface area contributed by atoms with Crippen LogP contribution < -0.4 is 9.46 Å². The van der Waals surface area contributed by atoms with Crippen LogP contribution in [0.5, 0.6) is 5.75 Å². The molecule has 10 nitrogen and oxygen atoms in total. The first-order valence-electron chi connectivity index (χ1n) is 13.6. The summed E-state index contributed by atoms with van der Waals surface area (Å²) in [6.45, 7) is 7.18. The number of hydrogen-bond donors (Lipinski definition) is 2. The maximum absolute atomic E-state index is 13.7. The Morgan fingerprint density at radius 1 is 0.976 bits per heavy atom. The lowest BCUT2D eigenvalue weighted by Crippen LogP contribution is -2.50. The summed E-state index contributed by atoms with van der Waals surface area (Å²) < 4.78 is 62.7. The van der Waals surface area contributed by atoms with Crippen molar-refractivity contribution in [1.29, 1.82) is 0 Å². The second kappa shape index (κ2) is 12.4.